The van der Waals surface area contributed by atoms with Crippen molar-refractivity contribution in [1.29, 1.82) is 0 Å². The van der Waals surface area contributed by atoms with Gasteiger partial charge in [0.2, 0.25) is 0 Å². The van der Waals surface area contributed by atoms with Crippen molar-refractivity contribution in [2.45, 2.75) is 52.6 Å². The van der Waals surface area contributed by atoms with E-state index in [2.05, 4.69) is 17.3 Å². The summed E-state index contributed by atoms with van der Waals surface area (Å²) < 4.78 is 1.82. The van der Waals surface area contributed by atoms with Crippen LogP contribution in [0.2, 0.25) is 0 Å². The summed E-state index contributed by atoms with van der Waals surface area (Å²) in [6.07, 6.45) is 1.72. The number of nitrogens with zero attached hydrogens (tertiary/aromatic N) is 2. The minimum Gasteiger partial charge on any atom is -0.480 e. The van der Waals surface area contributed by atoms with Crippen molar-refractivity contribution in [2.75, 3.05) is 6.54 Å². The zero-order valence-corrected chi connectivity index (χ0v) is 11.7. The Morgan fingerprint density at radius 2 is 2.11 bits per heavy atom. The van der Waals surface area contributed by atoms with Gasteiger partial charge in [-0.05, 0) is 32.4 Å². The molecule has 1 aromatic heterocycles. The number of aliphatic carboxylic acids is 1. The molecule has 0 aromatic carbocycles. The number of nitrogens with one attached hydrogen (secondary N) is 1. The number of hydrogen-bond acceptors (Lipinski definition) is 3. The quantitative estimate of drug-likeness (QED) is 0.772. The van der Waals surface area contributed by atoms with Crippen molar-refractivity contribution >= 4 is 5.97 Å². The van der Waals surface area contributed by atoms with E-state index >= 15 is 0 Å². The topological polar surface area (TPSA) is 67.2 Å². The lowest BCUT2D eigenvalue weighted by Gasteiger charge is -2.26. The molecule has 0 radical (unpaired) electrons. The number of carbonyl (C=O) groups is 1. The molecule has 1 heterocycles. The van der Waals surface area contributed by atoms with Crippen LogP contribution in [0.1, 0.15) is 39.1 Å². The molecule has 1 unspecified atom stereocenters. The van der Waals surface area contributed by atoms with Crippen LogP contribution in [0, 0.1) is 0 Å². The van der Waals surface area contributed by atoms with Crippen molar-refractivity contribution in [3.8, 4) is 0 Å². The zero-order chi connectivity index (χ0) is 13.8. The van der Waals surface area contributed by atoms with Crippen LogP contribution in [0.4, 0.5) is 0 Å². The molecule has 0 aliphatic heterocycles. The Labute approximate surface area is 108 Å². The highest BCUT2D eigenvalue weighted by Crippen LogP contribution is 2.13. The van der Waals surface area contributed by atoms with Crippen LogP contribution < -0.4 is 5.32 Å². The maximum atomic E-state index is 11.4. The van der Waals surface area contributed by atoms with Gasteiger partial charge in [-0.25, -0.2) is 0 Å². The van der Waals surface area contributed by atoms with Crippen LogP contribution in [0.5, 0.6) is 0 Å². The van der Waals surface area contributed by atoms with Gasteiger partial charge >= 0.3 is 5.97 Å². The maximum Gasteiger partial charge on any atom is 0.325 e. The van der Waals surface area contributed by atoms with Gasteiger partial charge in [-0.15, -0.1) is 0 Å². The molecule has 0 fully saturated rings. The molecule has 1 rings (SSSR count). The molecular formula is C13H23N3O2. The third-order valence-corrected chi connectivity index (χ3v) is 3.14. The summed E-state index contributed by atoms with van der Waals surface area (Å²) in [4.78, 5) is 11.4. The van der Waals surface area contributed by atoms with Crippen LogP contribution in [-0.2, 0) is 24.2 Å². The van der Waals surface area contributed by atoms with Gasteiger partial charge in [0.15, 0.2) is 0 Å². The standard InChI is InChI=1S/C13H23N3O2/c1-5-10-8-11(6-2)16(15-10)9-13(4,12(17)18)14-7-3/h8,14H,5-7,9H2,1-4H3,(H,17,18). The first-order valence-electron chi connectivity index (χ1n) is 6.50. The van der Waals surface area contributed by atoms with Crippen molar-refractivity contribution in [3.05, 3.63) is 17.5 Å². The van der Waals surface area contributed by atoms with Gasteiger partial charge < -0.3 is 10.4 Å². The molecule has 1 atom stereocenters. The van der Waals surface area contributed by atoms with Crippen molar-refractivity contribution in [1.82, 2.24) is 15.1 Å². The van der Waals surface area contributed by atoms with Crippen molar-refractivity contribution in [3.63, 3.8) is 0 Å². The summed E-state index contributed by atoms with van der Waals surface area (Å²) in [6, 6.07) is 2.05. The molecule has 0 saturated carbocycles. The highest BCUT2D eigenvalue weighted by Gasteiger charge is 2.33. The summed E-state index contributed by atoms with van der Waals surface area (Å²) in [7, 11) is 0. The number of aryl methyl sites for hydroxylation is 2. The molecular weight excluding hydrogens is 230 g/mol. The summed E-state index contributed by atoms with van der Waals surface area (Å²) in [5, 5.41) is 16.8. The Balaban J connectivity index is 2.99. The van der Waals surface area contributed by atoms with E-state index in [-0.39, 0.29) is 0 Å². The fourth-order valence-corrected chi connectivity index (χ4v) is 2.00. The molecule has 0 spiro atoms. The van der Waals surface area contributed by atoms with E-state index in [9.17, 15) is 9.90 Å². The number of likely N-dealkylation sites (N-methyl/N-ethyl adjacent to an activating group) is 1. The van der Waals surface area contributed by atoms with E-state index < -0.39 is 11.5 Å². The monoisotopic (exact) mass is 253 g/mol. The number of carboxylic acids is 1. The Morgan fingerprint density at radius 1 is 1.44 bits per heavy atom. The van der Waals surface area contributed by atoms with Gasteiger partial charge in [-0.2, -0.15) is 5.10 Å². The average Bonchev–Trinajstić information content (AvgIpc) is 2.71. The predicted molar refractivity (Wildman–Crippen MR) is 70.7 cm³/mol. The van der Waals surface area contributed by atoms with Gasteiger partial charge in [-0.1, -0.05) is 20.8 Å². The second-order valence-corrected chi connectivity index (χ2v) is 4.66. The Bertz CT molecular complexity index is 414. The minimum atomic E-state index is -0.976. The highest BCUT2D eigenvalue weighted by atomic mass is 16.4. The fraction of sp³-hybridized carbons (Fsp3) is 0.692. The first-order valence-corrected chi connectivity index (χ1v) is 6.50. The second kappa shape index (κ2) is 6.00. The van der Waals surface area contributed by atoms with E-state index in [4.69, 9.17) is 0 Å². The first-order chi connectivity index (χ1) is 8.46. The molecule has 0 aliphatic carbocycles. The zero-order valence-electron chi connectivity index (χ0n) is 11.7. The van der Waals surface area contributed by atoms with Gasteiger partial charge in [0, 0.05) is 5.69 Å². The van der Waals surface area contributed by atoms with E-state index in [0.717, 1.165) is 24.2 Å². The number of aromatic nitrogens is 2. The lowest BCUT2D eigenvalue weighted by atomic mass is 10.0. The Hall–Kier alpha value is -1.36. The van der Waals surface area contributed by atoms with Gasteiger partial charge in [0.25, 0.3) is 0 Å². The van der Waals surface area contributed by atoms with Gasteiger partial charge in [0.05, 0.1) is 12.2 Å². The number of rotatable bonds is 7. The summed E-state index contributed by atoms with van der Waals surface area (Å²) in [6.45, 7) is 8.67. The molecule has 5 heteroatoms. The largest absolute Gasteiger partial charge is 0.480 e. The minimum absolute atomic E-state index is 0.347. The van der Waals surface area contributed by atoms with Gasteiger partial charge in [0.1, 0.15) is 5.54 Å². The van der Waals surface area contributed by atoms with Crippen LogP contribution in [0.25, 0.3) is 0 Å². The lowest BCUT2D eigenvalue weighted by Crippen LogP contribution is -2.52. The van der Waals surface area contributed by atoms with Gasteiger partial charge in [-0.3, -0.25) is 9.48 Å². The third-order valence-electron chi connectivity index (χ3n) is 3.14. The predicted octanol–water partition coefficient (Wildman–Crippen LogP) is 1.46. The fourth-order valence-electron chi connectivity index (χ4n) is 2.00. The molecule has 18 heavy (non-hydrogen) atoms. The van der Waals surface area contributed by atoms with Crippen LogP contribution in [0.15, 0.2) is 6.07 Å². The van der Waals surface area contributed by atoms with Crippen LogP contribution in [0.3, 0.4) is 0 Å². The maximum absolute atomic E-state index is 11.4. The van der Waals surface area contributed by atoms with Crippen molar-refractivity contribution < 1.29 is 9.90 Å². The summed E-state index contributed by atoms with van der Waals surface area (Å²) in [5.74, 6) is -0.847. The second-order valence-electron chi connectivity index (χ2n) is 4.66. The number of hydrogen-bond donors (Lipinski definition) is 2. The van der Waals surface area contributed by atoms with Crippen molar-refractivity contribution in [2.24, 2.45) is 0 Å². The molecule has 2 N–H and O–H groups in total. The first kappa shape index (κ1) is 14.7. The molecule has 0 saturated heterocycles. The molecule has 102 valence electrons. The smallest absolute Gasteiger partial charge is 0.325 e. The lowest BCUT2D eigenvalue weighted by molar-refractivity contribution is -0.144. The average molecular weight is 253 g/mol. The van der Waals surface area contributed by atoms with E-state index in [1.165, 1.54) is 0 Å². The third kappa shape index (κ3) is 3.10. The molecule has 0 amide bonds. The summed E-state index contributed by atoms with van der Waals surface area (Å²) in [5.41, 5.74) is 1.11. The Kier molecular flexibility index (Phi) is 4.90. The molecule has 0 bridgehead atoms. The van der Waals surface area contributed by atoms with E-state index in [0.29, 0.717) is 13.1 Å². The SMILES string of the molecule is CCNC(C)(Cn1nc(CC)cc1CC)C(=O)O. The Morgan fingerprint density at radius 3 is 2.56 bits per heavy atom. The highest BCUT2D eigenvalue weighted by molar-refractivity contribution is 5.78. The van der Waals surface area contributed by atoms with Crippen LogP contribution in [-0.4, -0.2) is 32.9 Å². The number of carboxylic acid groups (broad SMARTS) is 1. The summed E-state index contributed by atoms with van der Waals surface area (Å²) >= 11 is 0. The van der Waals surface area contributed by atoms with Crippen LogP contribution >= 0.6 is 0 Å². The van der Waals surface area contributed by atoms with E-state index in [1.807, 2.05) is 24.6 Å². The molecule has 1 aromatic rings. The van der Waals surface area contributed by atoms with E-state index in [1.54, 1.807) is 6.92 Å². The molecule has 0 aliphatic rings. The molecule has 5 nitrogen and oxygen atoms in total. The normalized spacial score (nSPS) is 14.4.